The first-order valence-electron chi connectivity index (χ1n) is 8.11. The molecule has 1 aromatic heterocycles. The topological polar surface area (TPSA) is 48.4 Å². The molecule has 0 aliphatic heterocycles. The molecule has 0 saturated heterocycles. The summed E-state index contributed by atoms with van der Waals surface area (Å²) >= 11 is 0. The molecule has 0 fully saturated rings. The van der Waals surface area contributed by atoms with Crippen LogP contribution in [0.4, 0.5) is 0 Å². The summed E-state index contributed by atoms with van der Waals surface area (Å²) in [7, 11) is 0. The Bertz CT molecular complexity index is 902. The van der Waals surface area contributed by atoms with Gasteiger partial charge in [0.15, 0.2) is 0 Å². The van der Waals surface area contributed by atoms with Gasteiger partial charge in [0.1, 0.15) is 19.0 Å². The Labute approximate surface area is 146 Å². The Balaban J connectivity index is 1.47. The van der Waals surface area contributed by atoms with E-state index in [-0.39, 0.29) is 6.61 Å². The van der Waals surface area contributed by atoms with Crippen LogP contribution in [-0.2, 0) is 9.53 Å². The summed E-state index contributed by atoms with van der Waals surface area (Å²) in [5.74, 6) is 0.356. The van der Waals surface area contributed by atoms with Crippen LogP contribution in [-0.4, -0.2) is 24.2 Å². The fraction of sp³-hybridized carbons (Fsp3) is 0.143. The van der Waals surface area contributed by atoms with E-state index in [1.165, 1.54) is 6.08 Å². The lowest BCUT2D eigenvalue weighted by Crippen LogP contribution is -2.10. The van der Waals surface area contributed by atoms with E-state index in [9.17, 15) is 4.79 Å². The van der Waals surface area contributed by atoms with Crippen molar-refractivity contribution >= 4 is 22.9 Å². The molecule has 0 spiro atoms. The van der Waals surface area contributed by atoms with Crippen LogP contribution >= 0.6 is 0 Å². The van der Waals surface area contributed by atoms with Crippen LogP contribution in [0, 0.1) is 6.92 Å². The molecule has 0 amide bonds. The molecule has 3 rings (SSSR count). The molecule has 0 aliphatic rings. The number of carbonyl (C=O) groups is 1. The number of carbonyl (C=O) groups excluding carboxylic acids is 1. The Hall–Kier alpha value is -3.14. The summed E-state index contributed by atoms with van der Waals surface area (Å²) in [6.45, 7) is 2.51. The lowest BCUT2D eigenvalue weighted by molar-refractivity contribution is -0.138. The molecule has 0 saturated carbocycles. The first-order chi connectivity index (χ1) is 12.2. The van der Waals surface area contributed by atoms with Crippen molar-refractivity contribution in [1.82, 2.24) is 4.98 Å². The monoisotopic (exact) mass is 333 g/mol. The number of pyridine rings is 1. The van der Waals surface area contributed by atoms with E-state index in [1.54, 1.807) is 6.08 Å². The summed E-state index contributed by atoms with van der Waals surface area (Å²) in [5, 5.41) is 1.07. The maximum Gasteiger partial charge on any atom is 0.330 e. The van der Waals surface area contributed by atoms with Crippen LogP contribution in [0.5, 0.6) is 5.75 Å². The minimum absolute atomic E-state index is 0.197. The van der Waals surface area contributed by atoms with Crippen LogP contribution in [0.2, 0.25) is 0 Å². The highest BCUT2D eigenvalue weighted by Crippen LogP contribution is 2.13. The molecule has 25 heavy (non-hydrogen) atoms. The minimum Gasteiger partial charge on any atom is -0.490 e. The van der Waals surface area contributed by atoms with Crippen LogP contribution in [0.15, 0.2) is 66.7 Å². The van der Waals surface area contributed by atoms with Crippen molar-refractivity contribution in [2.45, 2.75) is 6.92 Å². The average molecular weight is 333 g/mol. The van der Waals surface area contributed by atoms with Gasteiger partial charge in [0.05, 0.1) is 11.2 Å². The number of ether oxygens (including phenoxy) is 2. The number of fused-ring (bicyclic) bond motifs is 1. The van der Waals surface area contributed by atoms with E-state index in [2.05, 4.69) is 4.98 Å². The minimum atomic E-state index is -0.414. The van der Waals surface area contributed by atoms with Crippen LogP contribution in [0.3, 0.4) is 0 Å². The summed E-state index contributed by atoms with van der Waals surface area (Å²) in [4.78, 5) is 16.2. The zero-order chi connectivity index (χ0) is 17.5. The number of benzene rings is 2. The van der Waals surface area contributed by atoms with Crippen molar-refractivity contribution in [3.63, 3.8) is 0 Å². The second-order valence-corrected chi connectivity index (χ2v) is 5.59. The van der Waals surface area contributed by atoms with Crippen molar-refractivity contribution < 1.29 is 14.3 Å². The molecule has 4 nitrogen and oxygen atoms in total. The van der Waals surface area contributed by atoms with Gasteiger partial charge in [0, 0.05) is 11.5 Å². The van der Waals surface area contributed by atoms with E-state index in [4.69, 9.17) is 9.47 Å². The van der Waals surface area contributed by atoms with Gasteiger partial charge in [-0.05, 0) is 42.8 Å². The smallest absolute Gasteiger partial charge is 0.330 e. The van der Waals surface area contributed by atoms with Gasteiger partial charge in [0.2, 0.25) is 0 Å². The fourth-order valence-electron chi connectivity index (χ4n) is 2.38. The number of rotatable bonds is 6. The van der Waals surface area contributed by atoms with E-state index in [0.29, 0.717) is 12.3 Å². The standard InChI is InChI=1S/C21H19NO3/c1-16-5-4-7-19(15-16)24-13-14-25-21(23)12-11-18-10-9-17-6-2-3-8-20(17)22-18/h2-12,15H,13-14H2,1H3/b12-11+. The van der Waals surface area contributed by atoms with Crippen molar-refractivity contribution in [2.75, 3.05) is 13.2 Å². The van der Waals surface area contributed by atoms with E-state index in [0.717, 1.165) is 22.2 Å². The maximum atomic E-state index is 11.8. The molecule has 1 heterocycles. The van der Waals surface area contributed by atoms with Gasteiger partial charge in [-0.2, -0.15) is 0 Å². The van der Waals surface area contributed by atoms with Gasteiger partial charge in [-0.15, -0.1) is 0 Å². The van der Waals surface area contributed by atoms with E-state index >= 15 is 0 Å². The van der Waals surface area contributed by atoms with E-state index < -0.39 is 5.97 Å². The summed E-state index contributed by atoms with van der Waals surface area (Å²) < 4.78 is 10.7. The highest BCUT2D eigenvalue weighted by molar-refractivity contribution is 5.87. The number of hydrogen-bond donors (Lipinski definition) is 0. The second-order valence-electron chi connectivity index (χ2n) is 5.59. The van der Waals surface area contributed by atoms with Crippen molar-refractivity contribution in [3.8, 4) is 5.75 Å². The number of nitrogens with zero attached hydrogens (tertiary/aromatic N) is 1. The third kappa shape index (κ3) is 4.91. The number of aromatic nitrogens is 1. The quantitative estimate of drug-likeness (QED) is 0.386. The Morgan fingerprint density at radius 2 is 1.92 bits per heavy atom. The van der Waals surface area contributed by atoms with Gasteiger partial charge in [-0.1, -0.05) is 36.4 Å². The first-order valence-corrected chi connectivity index (χ1v) is 8.11. The second kappa shape index (κ2) is 8.11. The first kappa shape index (κ1) is 16.7. The van der Waals surface area contributed by atoms with Crippen molar-refractivity contribution in [3.05, 3.63) is 78.0 Å². The molecule has 0 aliphatic carbocycles. The van der Waals surface area contributed by atoms with Gasteiger partial charge in [-0.25, -0.2) is 9.78 Å². The zero-order valence-corrected chi connectivity index (χ0v) is 14.0. The highest BCUT2D eigenvalue weighted by Gasteiger charge is 2.00. The molecule has 4 heteroatoms. The van der Waals surface area contributed by atoms with Crippen LogP contribution in [0.25, 0.3) is 17.0 Å². The predicted octanol–water partition coefficient (Wildman–Crippen LogP) is 4.18. The average Bonchev–Trinajstić information content (AvgIpc) is 2.63. The molecule has 126 valence electrons. The lowest BCUT2D eigenvalue weighted by Gasteiger charge is -2.06. The number of aryl methyl sites for hydroxylation is 1. The van der Waals surface area contributed by atoms with Crippen molar-refractivity contribution in [1.29, 1.82) is 0 Å². The number of para-hydroxylation sites is 1. The van der Waals surface area contributed by atoms with Gasteiger partial charge in [-0.3, -0.25) is 0 Å². The third-order valence-corrected chi connectivity index (χ3v) is 3.60. The molecule has 3 aromatic rings. The maximum absolute atomic E-state index is 11.8. The third-order valence-electron chi connectivity index (χ3n) is 3.60. The van der Waals surface area contributed by atoms with Crippen LogP contribution < -0.4 is 4.74 Å². The van der Waals surface area contributed by atoms with E-state index in [1.807, 2.05) is 67.6 Å². The summed E-state index contributed by atoms with van der Waals surface area (Å²) in [5.41, 5.74) is 2.73. The van der Waals surface area contributed by atoms with Crippen molar-refractivity contribution in [2.24, 2.45) is 0 Å². The van der Waals surface area contributed by atoms with Gasteiger partial charge < -0.3 is 9.47 Å². The molecule has 2 aromatic carbocycles. The van der Waals surface area contributed by atoms with Gasteiger partial charge >= 0.3 is 5.97 Å². The Morgan fingerprint density at radius 1 is 1.04 bits per heavy atom. The lowest BCUT2D eigenvalue weighted by atomic mass is 10.2. The molecule has 0 N–H and O–H groups in total. The summed E-state index contributed by atoms with van der Waals surface area (Å²) in [6, 6.07) is 19.4. The Kier molecular flexibility index (Phi) is 5.42. The number of esters is 1. The molecule has 0 unspecified atom stereocenters. The highest BCUT2D eigenvalue weighted by atomic mass is 16.6. The molecule has 0 bridgehead atoms. The molecular formula is C21H19NO3. The fourth-order valence-corrected chi connectivity index (χ4v) is 2.38. The zero-order valence-electron chi connectivity index (χ0n) is 14.0. The predicted molar refractivity (Wildman–Crippen MR) is 98.4 cm³/mol. The largest absolute Gasteiger partial charge is 0.490 e. The molecular weight excluding hydrogens is 314 g/mol. The SMILES string of the molecule is Cc1cccc(OCCOC(=O)/C=C/c2ccc3ccccc3n2)c1. The number of hydrogen-bond acceptors (Lipinski definition) is 4. The van der Waals surface area contributed by atoms with Crippen LogP contribution in [0.1, 0.15) is 11.3 Å². The Morgan fingerprint density at radius 3 is 2.80 bits per heavy atom. The molecule has 0 atom stereocenters. The molecule has 0 radical (unpaired) electrons. The normalized spacial score (nSPS) is 10.9. The van der Waals surface area contributed by atoms with Gasteiger partial charge in [0.25, 0.3) is 0 Å². The summed E-state index contributed by atoms with van der Waals surface area (Å²) in [6.07, 6.45) is 3.03.